The van der Waals surface area contributed by atoms with E-state index in [-0.39, 0.29) is 11.9 Å². The van der Waals surface area contributed by atoms with Crippen LogP contribution in [0.3, 0.4) is 0 Å². The maximum Gasteiger partial charge on any atom is 0.243 e. The monoisotopic (exact) mass is 193 g/mol. The summed E-state index contributed by atoms with van der Waals surface area (Å²) in [7, 11) is 0. The lowest BCUT2D eigenvalue weighted by Crippen LogP contribution is -2.35. The molecule has 2 heterocycles. The Kier molecular flexibility index (Phi) is 2.64. The normalized spacial score (nSPS) is 20.7. The van der Waals surface area contributed by atoms with Gasteiger partial charge in [0.15, 0.2) is 0 Å². The van der Waals surface area contributed by atoms with Crippen LogP contribution in [0.1, 0.15) is 12.8 Å². The number of amides is 1. The van der Waals surface area contributed by atoms with E-state index in [9.17, 15) is 4.79 Å². The van der Waals surface area contributed by atoms with E-state index in [1.165, 1.54) is 12.7 Å². The third-order valence-electron chi connectivity index (χ3n) is 2.11. The topological polar surface area (TPSA) is 79.8 Å². The van der Waals surface area contributed by atoms with Gasteiger partial charge in [0.25, 0.3) is 0 Å². The summed E-state index contributed by atoms with van der Waals surface area (Å²) in [5.74, 6) is 0.229. The van der Waals surface area contributed by atoms with Crippen LogP contribution in [0.25, 0.3) is 0 Å². The lowest BCUT2D eigenvalue weighted by molar-refractivity contribution is -0.117. The lowest BCUT2D eigenvalue weighted by Gasteiger charge is -2.08. The third kappa shape index (κ3) is 2.02. The molecule has 1 saturated heterocycles. The molecule has 0 aromatic carbocycles. The smallest absolute Gasteiger partial charge is 0.243 e. The highest BCUT2D eigenvalue weighted by molar-refractivity contribution is 5.93. The molecule has 1 atom stereocenters. The van der Waals surface area contributed by atoms with Crippen molar-refractivity contribution in [1.82, 2.24) is 20.3 Å². The van der Waals surface area contributed by atoms with E-state index in [4.69, 9.17) is 0 Å². The van der Waals surface area contributed by atoms with Gasteiger partial charge in [0.2, 0.25) is 11.9 Å². The summed E-state index contributed by atoms with van der Waals surface area (Å²) in [5.41, 5.74) is 0. The average molecular weight is 193 g/mol. The molecule has 1 aliphatic rings. The number of rotatable bonds is 2. The molecule has 14 heavy (non-hydrogen) atoms. The first-order valence-corrected chi connectivity index (χ1v) is 4.52. The van der Waals surface area contributed by atoms with Crippen molar-refractivity contribution in [3.63, 3.8) is 0 Å². The van der Waals surface area contributed by atoms with E-state index >= 15 is 0 Å². The minimum absolute atomic E-state index is 0.0753. The Balaban J connectivity index is 1.94. The number of nitrogens with zero attached hydrogens (tertiary/aromatic N) is 3. The van der Waals surface area contributed by atoms with Crippen LogP contribution in [0.4, 0.5) is 5.95 Å². The van der Waals surface area contributed by atoms with E-state index in [1.54, 1.807) is 0 Å². The maximum atomic E-state index is 11.5. The molecule has 0 radical (unpaired) electrons. The zero-order valence-electron chi connectivity index (χ0n) is 7.60. The molecule has 1 amide bonds. The summed E-state index contributed by atoms with van der Waals surface area (Å²) in [4.78, 5) is 22.8. The SMILES string of the molecule is O=C(Nc1ncncn1)[C@@H]1CCCN1. The molecule has 6 nitrogen and oxygen atoms in total. The zero-order valence-corrected chi connectivity index (χ0v) is 7.60. The summed E-state index contributed by atoms with van der Waals surface area (Å²) >= 11 is 0. The summed E-state index contributed by atoms with van der Waals surface area (Å²) in [6.45, 7) is 0.898. The molecule has 1 aliphatic heterocycles. The Morgan fingerprint density at radius 2 is 2.29 bits per heavy atom. The van der Waals surface area contributed by atoms with Gasteiger partial charge >= 0.3 is 0 Å². The van der Waals surface area contributed by atoms with Crippen LogP contribution in [0.2, 0.25) is 0 Å². The van der Waals surface area contributed by atoms with Gasteiger partial charge in [-0.15, -0.1) is 0 Å². The number of nitrogens with one attached hydrogen (secondary N) is 2. The van der Waals surface area contributed by atoms with E-state index in [0.29, 0.717) is 5.95 Å². The number of hydrogen-bond donors (Lipinski definition) is 2. The Morgan fingerprint density at radius 3 is 2.93 bits per heavy atom. The van der Waals surface area contributed by atoms with Gasteiger partial charge in [0, 0.05) is 0 Å². The summed E-state index contributed by atoms with van der Waals surface area (Å²) in [5, 5.41) is 5.71. The number of anilines is 1. The van der Waals surface area contributed by atoms with Crippen LogP contribution in [-0.4, -0.2) is 33.4 Å². The fraction of sp³-hybridized carbons (Fsp3) is 0.500. The number of carbonyl (C=O) groups excluding carboxylic acids is 1. The fourth-order valence-electron chi connectivity index (χ4n) is 1.41. The summed E-state index contributed by atoms with van der Waals surface area (Å²) < 4.78 is 0. The number of carbonyl (C=O) groups is 1. The predicted molar refractivity (Wildman–Crippen MR) is 49.5 cm³/mol. The van der Waals surface area contributed by atoms with Crippen LogP contribution in [-0.2, 0) is 4.79 Å². The molecule has 74 valence electrons. The van der Waals surface area contributed by atoms with E-state index in [0.717, 1.165) is 19.4 Å². The molecule has 0 unspecified atom stereocenters. The van der Waals surface area contributed by atoms with Crippen LogP contribution in [0, 0.1) is 0 Å². The van der Waals surface area contributed by atoms with Crippen molar-refractivity contribution in [2.75, 3.05) is 11.9 Å². The Bertz CT molecular complexity index is 309. The second kappa shape index (κ2) is 4.10. The molecule has 1 aromatic rings. The largest absolute Gasteiger partial charge is 0.306 e. The second-order valence-electron chi connectivity index (χ2n) is 3.10. The predicted octanol–water partition coefficient (Wildman–Crippen LogP) is -0.438. The first-order chi connectivity index (χ1) is 6.86. The van der Waals surface area contributed by atoms with Crippen molar-refractivity contribution in [2.45, 2.75) is 18.9 Å². The zero-order chi connectivity index (χ0) is 9.80. The van der Waals surface area contributed by atoms with Gasteiger partial charge in [-0.2, -0.15) is 0 Å². The quantitative estimate of drug-likeness (QED) is 0.665. The molecule has 2 N–H and O–H groups in total. The Morgan fingerprint density at radius 1 is 1.50 bits per heavy atom. The highest BCUT2D eigenvalue weighted by Crippen LogP contribution is 2.06. The van der Waals surface area contributed by atoms with Crippen molar-refractivity contribution in [2.24, 2.45) is 0 Å². The van der Waals surface area contributed by atoms with Gasteiger partial charge in [-0.05, 0) is 19.4 Å². The first kappa shape index (κ1) is 9.01. The molecule has 0 saturated carbocycles. The van der Waals surface area contributed by atoms with Gasteiger partial charge in [-0.1, -0.05) is 0 Å². The van der Waals surface area contributed by atoms with Crippen molar-refractivity contribution >= 4 is 11.9 Å². The van der Waals surface area contributed by atoms with Gasteiger partial charge in [0.05, 0.1) is 6.04 Å². The third-order valence-corrected chi connectivity index (χ3v) is 2.11. The molecule has 1 aromatic heterocycles. The fourth-order valence-corrected chi connectivity index (χ4v) is 1.41. The molecule has 2 rings (SSSR count). The van der Waals surface area contributed by atoms with Gasteiger partial charge < -0.3 is 5.32 Å². The highest BCUT2D eigenvalue weighted by atomic mass is 16.2. The molecule has 0 spiro atoms. The Hall–Kier alpha value is -1.56. The molecule has 0 bridgehead atoms. The minimum atomic E-state index is -0.105. The molecule has 6 heteroatoms. The lowest BCUT2D eigenvalue weighted by atomic mass is 10.2. The molecule has 0 aliphatic carbocycles. The first-order valence-electron chi connectivity index (χ1n) is 4.52. The van der Waals surface area contributed by atoms with Crippen LogP contribution < -0.4 is 10.6 Å². The standard InChI is InChI=1S/C8H11N5O/c14-7(6-2-1-3-10-6)13-8-11-4-9-5-12-8/h4-6,10H,1-3H2,(H,9,11,12,13,14)/t6-/m0/s1. The Labute approximate surface area is 81.2 Å². The van der Waals surface area contributed by atoms with Crippen LogP contribution in [0.5, 0.6) is 0 Å². The van der Waals surface area contributed by atoms with E-state index in [1.807, 2.05) is 0 Å². The number of aromatic nitrogens is 3. The van der Waals surface area contributed by atoms with E-state index in [2.05, 4.69) is 25.6 Å². The van der Waals surface area contributed by atoms with Crippen molar-refractivity contribution in [3.05, 3.63) is 12.7 Å². The molecule has 1 fully saturated rings. The van der Waals surface area contributed by atoms with Gasteiger partial charge in [0.1, 0.15) is 12.7 Å². The second-order valence-corrected chi connectivity index (χ2v) is 3.10. The average Bonchev–Trinajstić information content (AvgIpc) is 2.72. The van der Waals surface area contributed by atoms with E-state index < -0.39 is 0 Å². The summed E-state index contributed by atoms with van der Waals surface area (Å²) in [6, 6.07) is -0.105. The van der Waals surface area contributed by atoms with Crippen LogP contribution >= 0.6 is 0 Å². The molecular weight excluding hydrogens is 182 g/mol. The van der Waals surface area contributed by atoms with Gasteiger partial charge in [-0.25, -0.2) is 15.0 Å². The summed E-state index contributed by atoms with van der Waals surface area (Å²) in [6.07, 6.45) is 4.61. The highest BCUT2D eigenvalue weighted by Gasteiger charge is 2.22. The van der Waals surface area contributed by atoms with Gasteiger partial charge in [-0.3, -0.25) is 10.1 Å². The van der Waals surface area contributed by atoms with Crippen molar-refractivity contribution in [3.8, 4) is 0 Å². The molecular formula is C8H11N5O. The maximum absolute atomic E-state index is 11.5. The van der Waals surface area contributed by atoms with Crippen molar-refractivity contribution < 1.29 is 4.79 Å². The number of hydrogen-bond acceptors (Lipinski definition) is 5. The van der Waals surface area contributed by atoms with Crippen molar-refractivity contribution in [1.29, 1.82) is 0 Å². The van der Waals surface area contributed by atoms with Crippen LogP contribution in [0.15, 0.2) is 12.7 Å². The minimum Gasteiger partial charge on any atom is -0.306 e.